The summed E-state index contributed by atoms with van der Waals surface area (Å²) in [5.41, 5.74) is 6.80. The number of nitrogens with two attached hydrogens (primary N) is 1. The molecule has 2 aromatic rings. The number of esters is 1. The summed E-state index contributed by atoms with van der Waals surface area (Å²) in [6.45, 7) is 3.10. The molecule has 1 aromatic heterocycles. The number of hydrogen-bond acceptors (Lipinski definition) is 7. The van der Waals surface area contributed by atoms with Crippen molar-refractivity contribution in [3.63, 3.8) is 0 Å². The van der Waals surface area contributed by atoms with Crippen molar-refractivity contribution >= 4 is 17.6 Å². The number of aryl methyl sites for hydroxylation is 1. The summed E-state index contributed by atoms with van der Waals surface area (Å²) in [7, 11) is 0. The summed E-state index contributed by atoms with van der Waals surface area (Å²) >= 11 is 0. The molecule has 132 valence electrons. The minimum absolute atomic E-state index is 0.0374. The molecule has 1 aliphatic rings. The summed E-state index contributed by atoms with van der Waals surface area (Å²) in [4.78, 5) is 29.5. The Labute approximate surface area is 144 Å². The smallest absolute Gasteiger partial charge is 0.338 e. The number of anilines is 1. The average molecular weight is 344 g/mol. The molecular weight excluding hydrogens is 324 g/mol. The number of rotatable bonds is 5. The Balaban J connectivity index is 1.59. The van der Waals surface area contributed by atoms with Crippen LogP contribution in [0.25, 0.3) is 0 Å². The van der Waals surface area contributed by atoms with Gasteiger partial charge in [0.2, 0.25) is 17.6 Å². The topological polar surface area (TPSA) is 112 Å². The normalized spacial score (nSPS) is 17.3. The summed E-state index contributed by atoms with van der Waals surface area (Å²) < 4.78 is 9.98. The first-order valence-electron chi connectivity index (χ1n) is 8.13. The highest BCUT2D eigenvalue weighted by Gasteiger charge is 2.24. The van der Waals surface area contributed by atoms with Gasteiger partial charge in [0.15, 0.2) is 6.61 Å². The van der Waals surface area contributed by atoms with Crippen molar-refractivity contribution in [3.05, 3.63) is 41.5 Å². The van der Waals surface area contributed by atoms with E-state index in [1.807, 2.05) is 12.1 Å². The van der Waals surface area contributed by atoms with Crippen molar-refractivity contribution in [2.45, 2.75) is 26.4 Å². The van der Waals surface area contributed by atoms with Crippen LogP contribution < -0.4 is 10.6 Å². The standard InChI is InChI=1S/C17H20N4O4/c1-11-19-15(20-25-11)10-24-17(23)12-4-6-14(7-5-12)21-8-2-3-13(9-21)16(18)22/h4-7,13H,2-3,8-10H2,1H3,(H2,18,22)/t13-/m1/s1. The number of benzene rings is 1. The molecule has 1 aromatic carbocycles. The van der Waals surface area contributed by atoms with Gasteiger partial charge in [-0.25, -0.2) is 4.79 Å². The Morgan fingerprint density at radius 1 is 1.36 bits per heavy atom. The van der Waals surface area contributed by atoms with Gasteiger partial charge in [0, 0.05) is 25.7 Å². The molecule has 2 N–H and O–H groups in total. The fourth-order valence-electron chi connectivity index (χ4n) is 2.87. The van der Waals surface area contributed by atoms with E-state index in [4.69, 9.17) is 15.0 Å². The third-order valence-corrected chi connectivity index (χ3v) is 4.19. The maximum Gasteiger partial charge on any atom is 0.338 e. The molecule has 0 saturated carbocycles. The number of piperidine rings is 1. The minimum Gasteiger partial charge on any atom is -0.454 e. The predicted octanol–water partition coefficient (Wildman–Crippen LogP) is 1.44. The largest absolute Gasteiger partial charge is 0.454 e. The first kappa shape index (κ1) is 16.9. The number of ether oxygens (including phenoxy) is 1. The van der Waals surface area contributed by atoms with Gasteiger partial charge in [-0.05, 0) is 37.1 Å². The van der Waals surface area contributed by atoms with Gasteiger partial charge in [-0.15, -0.1) is 0 Å². The van der Waals surface area contributed by atoms with Crippen LogP contribution in [0.1, 0.15) is 34.9 Å². The van der Waals surface area contributed by atoms with Crippen molar-refractivity contribution in [2.24, 2.45) is 11.7 Å². The van der Waals surface area contributed by atoms with Gasteiger partial charge in [0.05, 0.1) is 11.5 Å². The van der Waals surface area contributed by atoms with E-state index >= 15 is 0 Å². The van der Waals surface area contributed by atoms with Crippen LogP contribution in [0.2, 0.25) is 0 Å². The lowest BCUT2D eigenvalue weighted by atomic mass is 9.97. The maximum absolute atomic E-state index is 12.1. The van der Waals surface area contributed by atoms with Crippen LogP contribution in [0, 0.1) is 12.8 Å². The van der Waals surface area contributed by atoms with Gasteiger partial charge in [-0.3, -0.25) is 4.79 Å². The number of primary amides is 1. The first-order valence-corrected chi connectivity index (χ1v) is 8.13. The Morgan fingerprint density at radius 2 is 2.12 bits per heavy atom. The molecule has 0 unspecified atom stereocenters. The zero-order valence-corrected chi connectivity index (χ0v) is 14.0. The molecule has 1 amide bonds. The molecule has 0 bridgehead atoms. The highest BCUT2D eigenvalue weighted by Crippen LogP contribution is 2.23. The van der Waals surface area contributed by atoms with Crippen molar-refractivity contribution < 1.29 is 18.8 Å². The minimum atomic E-state index is -0.456. The van der Waals surface area contributed by atoms with E-state index < -0.39 is 5.97 Å². The molecule has 1 atom stereocenters. The molecule has 3 rings (SSSR count). The van der Waals surface area contributed by atoms with Gasteiger partial charge >= 0.3 is 5.97 Å². The summed E-state index contributed by atoms with van der Waals surface area (Å²) in [5, 5.41) is 3.67. The van der Waals surface area contributed by atoms with Crippen LogP contribution in [-0.4, -0.2) is 35.1 Å². The van der Waals surface area contributed by atoms with Crippen LogP contribution in [0.5, 0.6) is 0 Å². The Kier molecular flexibility index (Phi) is 4.97. The predicted molar refractivity (Wildman–Crippen MR) is 88.7 cm³/mol. The molecule has 1 saturated heterocycles. The van der Waals surface area contributed by atoms with Crippen LogP contribution in [0.4, 0.5) is 5.69 Å². The number of carbonyl (C=O) groups excluding carboxylic acids is 2. The second-order valence-corrected chi connectivity index (χ2v) is 6.04. The fraction of sp³-hybridized carbons (Fsp3) is 0.412. The van der Waals surface area contributed by atoms with Crippen LogP contribution in [0.15, 0.2) is 28.8 Å². The second-order valence-electron chi connectivity index (χ2n) is 6.04. The van der Waals surface area contributed by atoms with E-state index in [0.29, 0.717) is 23.8 Å². The van der Waals surface area contributed by atoms with Gasteiger partial charge in [-0.2, -0.15) is 4.98 Å². The molecule has 0 radical (unpaired) electrons. The number of nitrogens with zero attached hydrogens (tertiary/aromatic N) is 3. The number of carbonyl (C=O) groups is 2. The maximum atomic E-state index is 12.1. The molecule has 8 heteroatoms. The molecule has 25 heavy (non-hydrogen) atoms. The Hall–Kier alpha value is -2.90. The number of hydrogen-bond donors (Lipinski definition) is 1. The van der Waals surface area contributed by atoms with E-state index in [2.05, 4.69) is 15.0 Å². The summed E-state index contributed by atoms with van der Waals surface area (Å²) in [5.74, 6) is -0.0967. The van der Waals surface area contributed by atoms with Gasteiger partial charge < -0.3 is 19.9 Å². The Bertz CT molecular complexity index is 756. The summed E-state index contributed by atoms with van der Waals surface area (Å²) in [6.07, 6.45) is 1.74. The quantitative estimate of drug-likeness (QED) is 0.817. The van der Waals surface area contributed by atoms with E-state index in [9.17, 15) is 9.59 Å². The average Bonchev–Trinajstić information content (AvgIpc) is 3.05. The molecule has 1 fully saturated rings. The summed E-state index contributed by atoms with van der Waals surface area (Å²) in [6, 6.07) is 7.09. The van der Waals surface area contributed by atoms with Crippen LogP contribution in [0.3, 0.4) is 0 Å². The molecule has 2 heterocycles. The first-order chi connectivity index (χ1) is 12.0. The molecule has 1 aliphatic heterocycles. The molecule has 0 spiro atoms. The van der Waals surface area contributed by atoms with E-state index in [1.165, 1.54) is 0 Å². The van der Waals surface area contributed by atoms with Crippen molar-refractivity contribution in [1.29, 1.82) is 0 Å². The third-order valence-electron chi connectivity index (χ3n) is 4.19. The van der Waals surface area contributed by atoms with Gasteiger partial charge in [0.1, 0.15) is 0 Å². The lowest BCUT2D eigenvalue weighted by Crippen LogP contribution is -2.41. The van der Waals surface area contributed by atoms with E-state index in [-0.39, 0.29) is 18.4 Å². The number of amides is 1. The SMILES string of the molecule is Cc1nc(COC(=O)c2ccc(N3CCC[C@@H](C(N)=O)C3)cc2)no1. The zero-order valence-electron chi connectivity index (χ0n) is 14.0. The van der Waals surface area contributed by atoms with Gasteiger partial charge in [0.25, 0.3) is 0 Å². The molecule has 0 aliphatic carbocycles. The van der Waals surface area contributed by atoms with Crippen LogP contribution >= 0.6 is 0 Å². The number of aromatic nitrogens is 2. The van der Waals surface area contributed by atoms with Gasteiger partial charge in [-0.1, -0.05) is 5.16 Å². The molecule has 8 nitrogen and oxygen atoms in total. The monoisotopic (exact) mass is 344 g/mol. The lowest BCUT2D eigenvalue weighted by molar-refractivity contribution is -0.122. The van der Waals surface area contributed by atoms with Crippen molar-refractivity contribution in [1.82, 2.24) is 10.1 Å². The lowest BCUT2D eigenvalue weighted by Gasteiger charge is -2.33. The van der Waals surface area contributed by atoms with E-state index in [1.54, 1.807) is 19.1 Å². The zero-order chi connectivity index (χ0) is 17.8. The second kappa shape index (κ2) is 7.33. The molecular formula is C17H20N4O4. The third kappa shape index (κ3) is 4.14. The highest BCUT2D eigenvalue weighted by molar-refractivity contribution is 5.89. The van der Waals surface area contributed by atoms with E-state index in [0.717, 1.165) is 25.1 Å². The fourth-order valence-corrected chi connectivity index (χ4v) is 2.87. The van der Waals surface area contributed by atoms with Crippen molar-refractivity contribution in [2.75, 3.05) is 18.0 Å². The van der Waals surface area contributed by atoms with Crippen molar-refractivity contribution in [3.8, 4) is 0 Å². The van der Waals surface area contributed by atoms with Crippen LogP contribution in [-0.2, 0) is 16.1 Å². The Morgan fingerprint density at radius 3 is 2.76 bits per heavy atom. The highest BCUT2D eigenvalue weighted by atomic mass is 16.5.